The molecule has 0 spiro atoms. The van der Waals surface area contributed by atoms with Crippen molar-refractivity contribution in [2.24, 2.45) is 5.73 Å². The molecule has 7 nitrogen and oxygen atoms in total. The summed E-state index contributed by atoms with van der Waals surface area (Å²) in [6.07, 6.45) is -3.29. The molecule has 4 rings (SSSR count). The van der Waals surface area contributed by atoms with E-state index < -0.39 is 17.6 Å². The zero-order valence-electron chi connectivity index (χ0n) is 22.1. The lowest BCUT2D eigenvalue weighted by atomic mass is 10.1. The van der Waals surface area contributed by atoms with Gasteiger partial charge in [-0.25, -0.2) is 9.37 Å². The maximum atomic E-state index is 15.9. The standard InChI is InChI=1S/C29H29F4N5O2/c1-4-39-22-13-24(27(30)25(14-22)40-17(2)3)38(21-10-8-18(9-11-21)28(34)35)16-26-36-15-23(37-26)19-6-5-7-20(12-19)29(31,32)33/h5-15,17H,4,16H2,1-3H3,(H3,34,35)(H,36,37). The van der Waals surface area contributed by atoms with Crippen LogP contribution in [0.25, 0.3) is 11.3 Å². The zero-order chi connectivity index (χ0) is 29.0. The molecule has 0 aliphatic rings. The van der Waals surface area contributed by atoms with Crippen LogP contribution < -0.4 is 20.1 Å². The van der Waals surface area contributed by atoms with Crippen LogP contribution in [0.3, 0.4) is 0 Å². The molecule has 210 valence electrons. The number of nitrogens with two attached hydrogens (primary N) is 1. The van der Waals surface area contributed by atoms with Gasteiger partial charge in [0.05, 0.1) is 36.2 Å². The molecule has 0 amide bonds. The number of aromatic nitrogens is 2. The number of alkyl halides is 3. The van der Waals surface area contributed by atoms with Crippen LogP contribution in [0.5, 0.6) is 11.5 Å². The lowest BCUT2D eigenvalue weighted by molar-refractivity contribution is -0.137. The van der Waals surface area contributed by atoms with Gasteiger partial charge in [-0.05, 0) is 57.2 Å². The van der Waals surface area contributed by atoms with E-state index in [9.17, 15) is 13.2 Å². The Labute approximate surface area is 229 Å². The summed E-state index contributed by atoms with van der Waals surface area (Å²) in [5.41, 5.74) is 6.58. The lowest BCUT2D eigenvalue weighted by Crippen LogP contribution is -2.20. The van der Waals surface area contributed by atoms with Gasteiger partial charge >= 0.3 is 6.18 Å². The normalized spacial score (nSPS) is 11.5. The van der Waals surface area contributed by atoms with Crippen molar-refractivity contribution in [3.05, 3.63) is 89.6 Å². The van der Waals surface area contributed by atoms with Crippen molar-refractivity contribution in [2.45, 2.75) is 39.6 Å². The highest BCUT2D eigenvalue weighted by atomic mass is 19.4. The molecule has 0 bridgehead atoms. The number of rotatable bonds is 10. The molecule has 40 heavy (non-hydrogen) atoms. The summed E-state index contributed by atoms with van der Waals surface area (Å²) in [7, 11) is 0. The first-order valence-electron chi connectivity index (χ1n) is 12.5. The van der Waals surface area contributed by atoms with Crippen LogP contribution in [-0.4, -0.2) is 28.5 Å². The van der Waals surface area contributed by atoms with Crippen molar-refractivity contribution >= 4 is 17.2 Å². The number of ether oxygens (including phenoxy) is 2. The molecular weight excluding hydrogens is 526 g/mol. The van der Waals surface area contributed by atoms with Gasteiger partial charge in [-0.2, -0.15) is 13.2 Å². The fourth-order valence-corrected chi connectivity index (χ4v) is 4.08. The van der Waals surface area contributed by atoms with Gasteiger partial charge in [-0.15, -0.1) is 0 Å². The monoisotopic (exact) mass is 555 g/mol. The Morgan fingerprint density at radius 1 is 1.10 bits per heavy atom. The van der Waals surface area contributed by atoms with E-state index in [-0.39, 0.29) is 35.5 Å². The Morgan fingerprint density at radius 2 is 1.82 bits per heavy atom. The summed E-state index contributed by atoms with van der Waals surface area (Å²) in [6.45, 7) is 5.73. The van der Waals surface area contributed by atoms with E-state index in [1.165, 1.54) is 24.4 Å². The van der Waals surface area contributed by atoms with E-state index >= 15 is 4.39 Å². The van der Waals surface area contributed by atoms with Crippen LogP contribution in [0, 0.1) is 11.2 Å². The van der Waals surface area contributed by atoms with Crippen molar-refractivity contribution in [1.29, 1.82) is 5.41 Å². The number of halogens is 4. The Bertz CT molecular complexity index is 1480. The third-order valence-electron chi connectivity index (χ3n) is 5.87. The smallest absolute Gasteiger partial charge is 0.416 e. The number of hydrogen-bond acceptors (Lipinski definition) is 5. The van der Waals surface area contributed by atoms with Crippen LogP contribution >= 0.6 is 0 Å². The second-order valence-electron chi connectivity index (χ2n) is 9.21. The molecule has 0 unspecified atom stereocenters. The predicted molar refractivity (Wildman–Crippen MR) is 146 cm³/mol. The second-order valence-corrected chi connectivity index (χ2v) is 9.21. The molecule has 4 aromatic rings. The number of amidine groups is 1. The van der Waals surface area contributed by atoms with Crippen molar-refractivity contribution in [1.82, 2.24) is 9.97 Å². The van der Waals surface area contributed by atoms with Gasteiger partial charge in [0.15, 0.2) is 11.6 Å². The minimum atomic E-state index is -4.49. The number of hydrogen-bond donors (Lipinski definition) is 3. The summed E-state index contributed by atoms with van der Waals surface area (Å²) < 4.78 is 67.0. The maximum Gasteiger partial charge on any atom is 0.416 e. The molecule has 0 radical (unpaired) electrons. The molecule has 1 aromatic heterocycles. The highest BCUT2D eigenvalue weighted by molar-refractivity contribution is 5.95. The SMILES string of the molecule is CCOc1cc(OC(C)C)c(F)c(N(Cc2nc(-c3cccc(C(F)(F)F)c3)c[nH]2)c2ccc(C(=N)N)cc2)c1. The van der Waals surface area contributed by atoms with Crippen LogP contribution in [0.15, 0.2) is 66.9 Å². The average Bonchev–Trinajstić information content (AvgIpc) is 3.37. The maximum absolute atomic E-state index is 15.9. The van der Waals surface area contributed by atoms with E-state index in [0.29, 0.717) is 35.1 Å². The van der Waals surface area contributed by atoms with Gasteiger partial charge in [0.1, 0.15) is 17.4 Å². The third kappa shape index (κ3) is 6.53. The number of imidazole rings is 1. The topological polar surface area (TPSA) is 100 Å². The van der Waals surface area contributed by atoms with E-state index in [0.717, 1.165) is 12.1 Å². The van der Waals surface area contributed by atoms with Gasteiger partial charge in [-0.1, -0.05) is 12.1 Å². The fourth-order valence-electron chi connectivity index (χ4n) is 4.08. The minimum Gasteiger partial charge on any atom is -0.494 e. The van der Waals surface area contributed by atoms with Gasteiger partial charge in [0, 0.05) is 35.1 Å². The molecule has 0 saturated carbocycles. The second kappa shape index (κ2) is 11.7. The van der Waals surface area contributed by atoms with Crippen LogP contribution in [0.2, 0.25) is 0 Å². The quantitative estimate of drug-likeness (QED) is 0.111. The minimum absolute atomic E-state index is 0.00501. The summed E-state index contributed by atoms with van der Waals surface area (Å²) in [4.78, 5) is 9.12. The first kappa shape index (κ1) is 28.5. The highest BCUT2D eigenvalue weighted by Crippen LogP contribution is 2.38. The Hall–Kier alpha value is -4.54. The molecule has 3 aromatic carbocycles. The van der Waals surface area contributed by atoms with Gasteiger partial charge in [0.2, 0.25) is 0 Å². The van der Waals surface area contributed by atoms with E-state index in [1.54, 1.807) is 49.1 Å². The van der Waals surface area contributed by atoms with Crippen molar-refractivity contribution < 1.29 is 27.0 Å². The summed E-state index contributed by atoms with van der Waals surface area (Å²) in [6, 6.07) is 14.5. The predicted octanol–water partition coefficient (Wildman–Crippen LogP) is 7.04. The van der Waals surface area contributed by atoms with Gasteiger partial charge in [0.25, 0.3) is 0 Å². The van der Waals surface area contributed by atoms with Crippen LogP contribution in [-0.2, 0) is 12.7 Å². The number of aromatic amines is 1. The number of H-pyrrole nitrogens is 1. The Kier molecular flexibility index (Phi) is 8.32. The van der Waals surface area contributed by atoms with Gasteiger partial charge < -0.3 is 25.1 Å². The lowest BCUT2D eigenvalue weighted by Gasteiger charge is -2.26. The van der Waals surface area contributed by atoms with Crippen molar-refractivity contribution in [2.75, 3.05) is 11.5 Å². The highest BCUT2D eigenvalue weighted by Gasteiger charge is 2.30. The van der Waals surface area contributed by atoms with E-state index in [4.69, 9.17) is 20.6 Å². The molecule has 0 aliphatic heterocycles. The van der Waals surface area contributed by atoms with Crippen molar-refractivity contribution in [3.63, 3.8) is 0 Å². The van der Waals surface area contributed by atoms with E-state index in [2.05, 4.69) is 9.97 Å². The third-order valence-corrected chi connectivity index (χ3v) is 5.87. The number of nitrogen functional groups attached to an aromatic ring is 1. The number of nitrogens with one attached hydrogen (secondary N) is 2. The first-order valence-corrected chi connectivity index (χ1v) is 12.5. The zero-order valence-corrected chi connectivity index (χ0v) is 22.1. The van der Waals surface area contributed by atoms with Gasteiger partial charge in [-0.3, -0.25) is 5.41 Å². The number of anilines is 2. The summed E-state index contributed by atoms with van der Waals surface area (Å²) in [5.74, 6) is 0.0227. The Morgan fingerprint density at radius 3 is 2.45 bits per heavy atom. The van der Waals surface area contributed by atoms with Crippen molar-refractivity contribution in [3.8, 4) is 22.8 Å². The number of benzene rings is 3. The summed E-state index contributed by atoms with van der Waals surface area (Å²) >= 11 is 0. The van der Waals surface area contributed by atoms with E-state index in [1.807, 2.05) is 6.92 Å². The fraction of sp³-hybridized carbons (Fsp3) is 0.241. The average molecular weight is 556 g/mol. The van der Waals surface area contributed by atoms with Crippen LogP contribution in [0.1, 0.15) is 37.7 Å². The molecule has 0 fully saturated rings. The summed E-state index contributed by atoms with van der Waals surface area (Å²) in [5, 5.41) is 7.68. The molecule has 1 heterocycles. The molecule has 0 saturated heterocycles. The molecule has 4 N–H and O–H groups in total. The molecule has 0 aliphatic carbocycles. The molecule has 11 heteroatoms. The largest absolute Gasteiger partial charge is 0.494 e. The number of nitrogens with zero attached hydrogens (tertiary/aromatic N) is 2. The molecule has 0 atom stereocenters. The Balaban J connectivity index is 1.78. The molecular formula is C29H29F4N5O2. The first-order chi connectivity index (χ1) is 19.0. The van der Waals surface area contributed by atoms with Crippen LogP contribution in [0.4, 0.5) is 28.9 Å².